The van der Waals surface area contributed by atoms with E-state index in [1.54, 1.807) is 6.07 Å². The van der Waals surface area contributed by atoms with Gasteiger partial charge in [0.25, 0.3) is 0 Å². The lowest BCUT2D eigenvalue weighted by atomic mass is 10.00. The van der Waals surface area contributed by atoms with E-state index in [1.807, 2.05) is 19.1 Å². The van der Waals surface area contributed by atoms with E-state index in [4.69, 9.17) is 0 Å². The number of nitrogens with one attached hydrogen (secondary N) is 1. The minimum absolute atomic E-state index is 0.0888. The zero-order valence-electron chi connectivity index (χ0n) is 11.0. The third-order valence-corrected chi connectivity index (χ3v) is 3.63. The third kappa shape index (κ3) is 2.38. The van der Waals surface area contributed by atoms with Crippen LogP contribution >= 0.6 is 0 Å². The molecule has 1 aliphatic heterocycles. The van der Waals surface area contributed by atoms with Gasteiger partial charge in [-0.2, -0.15) is 13.2 Å². The molecule has 1 nitrogen and oxygen atoms in total. The lowest BCUT2D eigenvalue weighted by molar-refractivity contribution is -0.137. The van der Waals surface area contributed by atoms with Gasteiger partial charge in [0.15, 0.2) is 0 Å². The van der Waals surface area contributed by atoms with E-state index < -0.39 is 11.7 Å². The Hall–Kier alpha value is -1.97. The molecule has 3 rings (SSSR count). The van der Waals surface area contributed by atoms with E-state index in [9.17, 15) is 13.2 Å². The van der Waals surface area contributed by atoms with Gasteiger partial charge in [0.1, 0.15) is 0 Å². The number of anilines is 1. The number of alkyl halides is 3. The highest BCUT2D eigenvalue weighted by Gasteiger charge is 2.31. The SMILES string of the molecule is Cc1ccc2c(c1)CC(c1cccc(C(F)(F)F)c1)N2. The summed E-state index contributed by atoms with van der Waals surface area (Å²) in [6.07, 6.45) is -3.57. The average molecular weight is 277 g/mol. The number of hydrogen-bond donors (Lipinski definition) is 1. The fraction of sp³-hybridized carbons (Fsp3) is 0.250. The Morgan fingerprint density at radius 2 is 1.90 bits per heavy atom. The van der Waals surface area contributed by atoms with Crippen LogP contribution in [-0.4, -0.2) is 0 Å². The van der Waals surface area contributed by atoms with Gasteiger partial charge >= 0.3 is 6.18 Å². The molecule has 0 aliphatic carbocycles. The molecule has 4 heteroatoms. The van der Waals surface area contributed by atoms with Crippen LogP contribution in [0.1, 0.15) is 28.3 Å². The van der Waals surface area contributed by atoms with Crippen LogP contribution in [0.3, 0.4) is 0 Å². The largest absolute Gasteiger partial charge is 0.416 e. The van der Waals surface area contributed by atoms with E-state index in [0.717, 1.165) is 29.3 Å². The molecular formula is C16H14F3N. The number of fused-ring (bicyclic) bond motifs is 1. The third-order valence-electron chi connectivity index (χ3n) is 3.63. The van der Waals surface area contributed by atoms with Crippen molar-refractivity contribution >= 4 is 5.69 Å². The Morgan fingerprint density at radius 3 is 2.65 bits per heavy atom. The second-order valence-electron chi connectivity index (χ2n) is 5.18. The number of halogens is 3. The molecule has 0 fully saturated rings. The predicted molar refractivity (Wildman–Crippen MR) is 72.7 cm³/mol. The van der Waals surface area contributed by atoms with Crippen LogP contribution in [0.5, 0.6) is 0 Å². The van der Waals surface area contributed by atoms with Crippen LogP contribution < -0.4 is 5.32 Å². The number of aryl methyl sites for hydroxylation is 1. The van der Waals surface area contributed by atoms with Crippen LogP contribution in [0.25, 0.3) is 0 Å². The Bertz CT molecular complexity index is 646. The summed E-state index contributed by atoms with van der Waals surface area (Å²) in [5, 5.41) is 3.29. The van der Waals surface area contributed by atoms with E-state index in [-0.39, 0.29) is 6.04 Å². The zero-order valence-corrected chi connectivity index (χ0v) is 11.0. The quantitative estimate of drug-likeness (QED) is 0.795. The van der Waals surface area contributed by atoms with Crippen molar-refractivity contribution in [2.45, 2.75) is 25.6 Å². The van der Waals surface area contributed by atoms with Crippen molar-refractivity contribution in [2.24, 2.45) is 0 Å². The summed E-state index contributed by atoms with van der Waals surface area (Å²) >= 11 is 0. The number of benzene rings is 2. The first kappa shape index (κ1) is 13.0. The van der Waals surface area contributed by atoms with Crippen LogP contribution in [-0.2, 0) is 12.6 Å². The van der Waals surface area contributed by atoms with Gasteiger partial charge in [-0.15, -0.1) is 0 Å². The van der Waals surface area contributed by atoms with Crippen molar-refractivity contribution in [1.82, 2.24) is 0 Å². The van der Waals surface area contributed by atoms with Gasteiger partial charge in [-0.3, -0.25) is 0 Å². The van der Waals surface area contributed by atoms with Gasteiger partial charge in [0.2, 0.25) is 0 Å². The Morgan fingerprint density at radius 1 is 1.10 bits per heavy atom. The van der Waals surface area contributed by atoms with Crippen LogP contribution in [0, 0.1) is 6.92 Å². The predicted octanol–water partition coefficient (Wildman–Crippen LogP) is 4.72. The molecule has 0 spiro atoms. The smallest absolute Gasteiger partial charge is 0.378 e. The van der Waals surface area contributed by atoms with Gasteiger partial charge < -0.3 is 5.32 Å². The molecule has 0 radical (unpaired) electrons. The van der Waals surface area contributed by atoms with Crippen molar-refractivity contribution in [3.05, 3.63) is 64.7 Å². The van der Waals surface area contributed by atoms with Crippen LogP contribution in [0.2, 0.25) is 0 Å². The van der Waals surface area contributed by atoms with E-state index in [1.165, 1.54) is 12.1 Å². The first-order valence-electron chi connectivity index (χ1n) is 6.47. The summed E-state index contributed by atoms with van der Waals surface area (Å²) in [7, 11) is 0. The second kappa shape index (κ2) is 4.54. The molecule has 1 N–H and O–H groups in total. The minimum atomic E-state index is -4.29. The maximum atomic E-state index is 12.8. The van der Waals surface area contributed by atoms with Gasteiger partial charge in [0, 0.05) is 5.69 Å². The van der Waals surface area contributed by atoms with E-state index in [2.05, 4.69) is 11.4 Å². The summed E-state index contributed by atoms with van der Waals surface area (Å²) in [5.74, 6) is 0. The highest BCUT2D eigenvalue weighted by Crippen LogP contribution is 2.37. The minimum Gasteiger partial charge on any atom is -0.378 e. The fourth-order valence-corrected chi connectivity index (χ4v) is 2.62. The topological polar surface area (TPSA) is 12.0 Å². The summed E-state index contributed by atoms with van der Waals surface area (Å²) < 4.78 is 38.3. The van der Waals surface area contributed by atoms with Crippen molar-refractivity contribution in [3.63, 3.8) is 0 Å². The van der Waals surface area contributed by atoms with Gasteiger partial charge in [-0.1, -0.05) is 29.8 Å². The number of rotatable bonds is 1. The monoisotopic (exact) mass is 277 g/mol. The molecule has 1 heterocycles. The molecule has 0 aromatic heterocycles. The Balaban J connectivity index is 1.89. The molecule has 1 unspecified atom stereocenters. The standard InChI is InChI=1S/C16H14F3N/c1-10-5-6-14-12(7-10)9-15(20-14)11-3-2-4-13(8-11)16(17,18)19/h2-8,15,20H,9H2,1H3. The molecule has 0 saturated heterocycles. The molecule has 2 aromatic carbocycles. The summed E-state index contributed by atoms with van der Waals surface area (Å²) in [6.45, 7) is 2.01. The fourth-order valence-electron chi connectivity index (χ4n) is 2.62. The summed E-state index contributed by atoms with van der Waals surface area (Å²) in [4.78, 5) is 0. The van der Waals surface area contributed by atoms with Crippen molar-refractivity contribution < 1.29 is 13.2 Å². The summed E-state index contributed by atoms with van der Waals surface area (Å²) in [5.41, 5.74) is 3.42. The molecule has 0 bridgehead atoms. The highest BCUT2D eigenvalue weighted by molar-refractivity contribution is 5.59. The van der Waals surface area contributed by atoms with Crippen LogP contribution in [0.15, 0.2) is 42.5 Å². The molecule has 2 aromatic rings. The molecular weight excluding hydrogens is 263 g/mol. The molecule has 0 amide bonds. The lowest BCUT2D eigenvalue weighted by Gasteiger charge is -2.14. The molecule has 20 heavy (non-hydrogen) atoms. The van der Waals surface area contributed by atoms with Crippen LogP contribution in [0.4, 0.5) is 18.9 Å². The van der Waals surface area contributed by atoms with Gasteiger partial charge in [-0.05, 0) is 42.7 Å². The van der Waals surface area contributed by atoms with Gasteiger partial charge in [-0.25, -0.2) is 0 Å². The summed E-state index contributed by atoms with van der Waals surface area (Å²) in [6, 6.07) is 11.5. The van der Waals surface area contributed by atoms with E-state index >= 15 is 0 Å². The van der Waals surface area contributed by atoms with Crippen molar-refractivity contribution in [1.29, 1.82) is 0 Å². The lowest BCUT2D eigenvalue weighted by Crippen LogP contribution is -2.09. The Labute approximate surface area is 115 Å². The normalized spacial score (nSPS) is 17.7. The Kier molecular flexibility index (Phi) is 2.96. The molecule has 1 aliphatic rings. The maximum Gasteiger partial charge on any atom is 0.416 e. The molecule has 1 atom stereocenters. The van der Waals surface area contributed by atoms with E-state index in [0.29, 0.717) is 5.56 Å². The number of hydrogen-bond acceptors (Lipinski definition) is 1. The van der Waals surface area contributed by atoms with Gasteiger partial charge in [0.05, 0.1) is 11.6 Å². The second-order valence-corrected chi connectivity index (χ2v) is 5.18. The zero-order chi connectivity index (χ0) is 14.3. The first-order valence-corrected chi connectivity index (χ1v) is 6.47. The molecule has 0 saturated carbocycles. The van der Waals surface area contributed by atoms with Crippen molar-refractivity contribution in [2.75, 3.05) is 5.32 Å². The first-order chi connectivity index (χ1) is 9.43. The molecule has 104 valence electrons. The van der Waals surface area contributed by atoms with Crippen molar-refractivity contribution in [3.8, 4) is 0 Å². The average Bonchev–Trinajstić information content (AvgIpc) is 2.81. The highest BCUT2D eigenvalue weighted by atomic mass is 19.4. The maximum absolute atomic E-state index is 12.8.